The number of benzene rings is 1. The van der Waals surface area contributed by atoms with Gasteiger partial charge in [0.2, 0.25) is 0 Å². The van der Waals surface area contributed by atoms with Crippen molar-refractivity contribution in [3.05, 3.63) is 53.5 Å². The van der Waals surface area contributed by atoms with Gasteiger partial charge in [0.15, 0.2) is 5.82 Å². The van der Waals surface area contributed by atoms with E-state index in [2.05, 4.69) is 11.9 Å². The van der Waals surface area contributed by atoms with Crippen molar-refractivity contribution in [3.8, 4) is 11.6 Å². The van der Waals surface area contributed by atoms with Gasteiger partial charge in [-0.05, 0) is 36.6 Å². The second-order valence-electron chi connectivity index (χ2n) is 5.56. The van der Waals surface area contributed by atoms with E-state index >= 15 is 0 Å². The smallest absolute Gasteiger partial charge is 0.255 e. The molecule has 0 aliphatic heterocycles. The van der Waals surface area contributed by atoms with Crippen LogP contribution in [0, 0.1) is 5.82 Å². The van der Waals surface area contributed by atoms with Gasteiger partial charge in [0.1, 0.15) is 5.75 Å². The molecule has 2 aromatic rings. The summed E-state index contributed by atoms with van der Waals surface area (Å²) in [6.45, 7) is 2.15. The second-order valence-corrected chi connectivity index (χ2v) is 5.56. The summed E-state index contributed by atoms with van der Waals surface area (Å²) in [5.41, 5.74) is 1.41. The molecule has 0 N–H and O–H groups in total. The lowest BCUT2D eigenvalue weighted by molar-refractivity contribution is 0.0826. The van der Waals surface area contributed by atoms with Gasteiger partial charge in [0.25, 0.3) is 11.8 Å². The summed E-state index contributed by atoms with van der Waals surface area (Å²) >= 11 is 0. The van der Waals surface area contributed by atoms with Crippen LogP contribution in [0.3, 0.4) is 0 Å². The van der Waals surface area contributed by atoms with Gasteiger partial charge in [0, 0.05) is 20.3 Å². The molecule has 122 valence electrons. The molecule has 0 aliphatic carbocycles. The molecule has 0 aliphatic rings. The molecule has 0 bridgehead atoms. The highest BCUT2D eigenvalue weighted by Gasteiger charge is 2.14. The highest BCUT2D eigenvalue weighted by atomic mass is 19.1. The maximum atomic E-state index is 14.0. The minimum atomic E-state index is -0.659. The third kappa shape index (κ3) is 4.52. The number of aryl methyl sites for hydroxylation is 1. The summed E-state index contributed by atoms with van der Waals surface area (Å²) in [6.07, 6.45) is 4.62. The third-order valence-electron chi connectivity index (χ3n) is 3.42. The average molecular weight is 316 g/mol. The van der Waals surface area contributed by atoms with E-state index in [1.54, 1.807) is 26.2 Å². The van der Waals surface area contributed by atoms with Crippen LogP contribution in [0.4, 0.5) is 4.39 Å². The lowest BCUT2D eigenvalue weighted by Crippen LogP contribution is -2.22. The molecule has 2 rings (SSSR count). The first-order valence-corrected chi connectivity index (χ1v) is 7.65. The number of unbranched alkanes of at least 4 members (excludes halogenated alkanes) is 1. The first kappa shape index (κ1) is 16.9. The van der Waals surface area contributed by atoms with Gasteiger partial charge >= 0.3 is 0 Å². The zero-order chi connectivity index (χ0) is 16.8. The molecule has 23 heavy (non-hydrogen) atoms. The minimum absolute atomic E-state index is 0.137. The maximum absolute atomic E-state index is 14.0. The van der Waals surface area contributed by atoms with Crippen molar-refractivity contribution >= 4 is 5.91 Å². The highest BCUT2D eigenvalue weighted by Crippen LogP contribution is 2.23. The van der Waals surface area contributed by atoms with E-state index in [0.29, 0.717) is 5.75 Å². The average Bonchev–Trinajstić information content (AvgIpc) is 2.55. The van der Waals surface area contributed by atoms with Gasteiger partial charge in [-0.3, -0.25) is 4.79 Å². The van der Waals surface area contributed by atoms with E-state index in [1.807, 2.05) is 12.1 Å². The molecule has 1 amide bonds. The molecule has 1 aromatic carbocycles. The Morgan fingerprint density at radius 3 is 2.52 bits per heavy atom. The Morgan fingerprint density at radius 2 is 1.96 bits per heavy atom. The van der Waals surface area contributed by atoms with Crippen molar-refractivity contribution in [2.24, 2.45) is 0 Å². The van der Waals surface area contributed by atoms with Crippen LogP contribution in [0.25, 0.3) is 0 Å². The Morgan fingerprint density at radius 1 is 1.26 bits per heavy atom. The van der Waals surface area contributed by atoms with Crippen molar-refractivity contribution in [2.45, 2.75) is 26.2 Å². The standard InChI is InChI=1S/C18H21FN2O2/c1-4-5-6-13-7-9-15(10-8-13)23-17-16(19)11-14(12-20-17)18(22)21(2)3/h7-12H,4-6H2,1-3H3. The second kappa shape index (κ2) is 7.72. The molecular weight excluding hydrogens is 295 g/mol. The van der Waals surface area contributed by atoms with Gasteiger partial charge < -0.3 is 9.64 Å². The monoisotopic (exact) mass is 316 g/mol. The number of hydrogen-bond donors (Lipinski definition) is 0. The van der Waals surface area contributed by atoms with Gasteiger partial charge in [-0.15, -0.1) is 0 Å². The lowest BCUT2D eigenvalue weighted by atomic mass is 10.1. The number of nitrogens with zero attached hydrogens (tertiary/aromatic N) is 2. The number of carbonyl (C=O) groups is 1. The molecular formula is C18H21FN2O2. The summed E-state index contributed by atoms with van der Waals surface area (Å²) in [7, 11) is 3.20. The molecule has 0 atom stereocenters. The SMILES string of the molecule is CCCCc1ccc(Oc2ncc(C(=O)N(C)C)cc2F)cc1. The van der Waals surface area contributed by atoms with Gasteiger partial charge in [-0.1, -0.05) is 25.5 Å². The summed E-state index contributed by atoms with van der Waals surface area (Å²) < 4.78 is 19.5. The van der Waals surface area contributed by atoms with E-state index in [1.165, 1.54) is 16.7 Å². The zero-order valence-electron chi connectivity index (χ0n) is 13.7. The number of hydrogen-bond acceptors (Lipinski definition) is 3. The zero-order valence-corrected chi connectivity index (χ0v) is 13.7. The topological polar surface area (TPSA) is 42.4 Å². The quantitative estimate of drug-likeness (QED) is 0.807. The minimum Gasteiger partial charge on any atom is -0.436 e. The normalized spacial score (nSPS) is 10.4. The number of ether oxygens (including phenoxy) is 1. The number of rotatable bonds is 6. The fourth-order valence-corrected chi connectivity index (χ4v) is 2.09. The van der Waals surface area contributed by atoms with Crippen molar-refractivity contribution in [1.82, 2.24) is 9.88 Å². The molecule has 0 unspecified atom stereocenters. The molecule has 1 aromatic heterocycles. The van der Waals surface area contributed by atoms with E-state index in [-0.39, 0.29) is 17.4 Å². The van der Waals surface area contributed by atoms with Crippen molar-refractivity contribution in [3.63, 3.8) is 0 Å². The van der Waals surface area contributed by atoms with E-state index in [0.717, 1.165) is 25.3 Å². The van der Waals surface area contributed by atoms with E-state index < -0.39 is 5.82 Å². The van der Waals surface area contributed by atoms with Crippen LogP contribution in [-0.4, -0.2) is 29.9 Å². The summed E-state index contributed by atoms with van der Waals surface area (Å²) in [5, 5.41) is 0. The number of aromatic nitrogens is 1. The molecule has 4 nitrogen and oxygen atoms in total. The van der Waals surface area contributed by atoms with Crippen molar-refractivity contribution in [1.29, 1.82) is 0 Å². The molecule has 1 heterocycles. The van der Waals surface area contributed by atoms with Crippen LogP contribution >= 0.6 is 0 Å². The van der Waals surface area contributed by atoms with Crippen molar-refractivity contribution < 1.29 is 13.9 Å². The van der Waals surface area contributed by atoms with E-state index in [4.69, 9.17) is 4.74 Å². The number of pyridine rings is 1. The fourth-order valence-electron chi connectivity index (χ4n) is 2.09. The largest absolute Gasteiger partial charge is 0.436 e. The van der Waals surface area contributed by atoms with Crippen LogP contribution in [-0.2, 0) is 6.42 Å². The first-order chi connectivity index (χ1) is 11.0. The van der Waals surface area contributed by atoms with Crippen molar-refractivity contribution in [2.75, 3.05) is 14.1 Å². The van der Waals surface area contributed by atoms with Crippen LogP contribution in [0.5, 0.6) is 11.6 Å². The summed E-state index contributed by atoms with van der Waals surface area (Å²) in [6, 6.07) is 8.66. The molecule has 5 heteroatoms. The van der Waals surface area contributed by atoms with Crippen LogP contribution in [0.1, 0.15) is 35.7 Å². The third-order valence-corrected chi connectivity index (χ3v) is 3.42. The van der Waals surface area contributed by atoms with Gasteiger partial charge in [0.05, 0.1) is 5.56 Å². The Balaban J connectivity index is 2.09. The molecule has 0 fully saturated rings. The highest BCUT2D eigenvalue weighted by molar-refractivity contribution is 5.93. The van der Waals surface area contributed by atoms with Crippen LogP contribution < -0.4 is 4.74 Å². The predicted octanol–water partition coefficient (Wildman–Crippen LogP) is 4.06. The molecule has 0 spiro atoms. The Kier molecular flexibility index (Phi) is 5.68. The Bertz CT molecular complexity index is 669. The number of amides is 1. The predicted molar refractivity (Wildman–Crippen MR) is 87.3 cm³/mol. The summed E-state index contributed by atoms with van der Waals surface area (Å²) in [4.78, 5) is 17.0. The Labute approximate surface area is 135 Å². The Hall–Kier alpha value is -2.43. The summed E-state index contributed by atoms with van der Waals surface area (Å²) in [5.74, 6) is -0.582. The lowest BCUT2D eigenvalue weighted by Gasteiger charge is -2.11. The van der Waals surface area contributed by atoms with Crippen LogP contribution in [0.15, 0.2) is 36.5 Å². The molecule has 0 saturated heterocycles. The van der Waals surface area contributed by atoms with Gasteiger partial charge in [-0.25, -0.2) is 9.37 Å². The molecule has 0 radical (unpaired) electrons. The number of halogens is 1. The number of carbonyl (C=O) groups excluding carboxylic acids is 1. The first-order valence-electron chi connectivity index (χ1n) is 7.65. The molecule has 0 saturated carbocycles. The maximum Gasteiger partial charge on any atom is 0.255 e. The van der Waals surface area contributed by atoms with Gasteiger partial charge in [-0.2, -0.15) is 0 Å². The fraction of sp³-hybridized carbons (Fsp3) is 0.333. The van der Waals surface area contributed by atoms with E-state index in [9.17, 15) is 9.18 Å². The van der Waals surface area contributed by atoms with Crippen LogP contribution in [0.2, 0.25) is 0 Å².